The molecule has 1 N–H and O–H groups in total. The van der Waals surface area contributed by atoms with Crippen molar-refractivity contribution in [3.05, 3.63) is 38.2 Å². The summed E-state index contributed by atoms with van der Waals surface area (Å²) in [5.74, 6) is -0.243. The van der Waals surface area contributed by atoms with E-state index >= 15 is 0 Å². The molecule has 0 saturated heterocycles. The maximum Gasteiger partial charge on any atom is 0.348 e. The smallest absolute Gasteiger partial charge is 0.348 e. The van der Waals surface area contributed by atoms with Crippen LogP contribution in [-0.2, 0) is 4.74 Å². The summed E-state index contributed by atoms with van der Waals surface area (Å²) >= 11 is 4.41. The molecule has 0 fully saturated rings. The second kappa shape index (κ2) is 8.14. The summed E-state index contributed by atoms with van der Waals surface area (Å²) < 4.78 is 10.8. The molecule has 0 spiro atoms. The SMILES string of the molecule is CCOC(=O)c1sc(/N=C/c2cc(Br)cc(OC)c2O)c(C#N)c1C. The number of methoxy groups -OCH3 is 1. The number of nitriles is 1. The number of carbonyl (C=O) groups excluding carboxylic acids is 1. The van der Waals surface area contributed by atoms with E-state index in [9.17, 15) is 15.2 Å². The van der Waals surface area contributed by atoms with Gasteiger partial charge in [0.1, 0.15) is 15.9 Å². The molecule has 1 aromatic carbocycles. The standard InChI is InChI=1S/C17H15BrN2O4S/c1-4-24-17(22)15-9(2)12(7-19)16(25-15)20-8-10-5-11(18)6-13(23-3)14(10)21/h5-6,8,21H,4H2,1-3H3/b20-8+. The Hall–Kier alpha value is -2.37. The summed E-state index contributed by atoms with van der Waals surface area (Å²) in [4.78, 5) is 16.6. The van der Waals surface area contributed by atoms with Crippen LogP contribution in [0.3, 0.4) is 0 Å². The zero-order valence-electron chi connectivity index (χ0n) is 13.8. The lowest BCUT2D eigenvalue weighted by Gasteiger charge is -2.06. The molecule has 0 aliphatic rings. The number of aliphatic imine (C=N–C) groups is 1. The van der Waals surface area contributed by atoms with Crippen molar-refractivity contribution in [2.45, 2.75) is 13.8 Å². The van der Waals surface area contributed by atoms with Crippen LogP contribution in [0.5, 0.6) is 11.5 Å². The van der Waals surface area contributed by atoms with Gasteiger partial charge in [-0.1, -0.05) is 15.9 Å². The molecule has 0 aliphatic carbocycles. The summed E-state index contributed by atoms with van der Waals surface area (Å²) in [5, 5.41) is 19.9. The van der Waals surface area contributed by atoms with Crippen molar-refractivity contribution in [3.8, 4) is 17.6 Å². The van der Waals surface area contributed by atoms with Crippen molar-refractivity contribution in [2.75, 3.05) is 13.7 Å². The number of phenolic OH excluding ortho intramolecular Hbond substituents is 1. The fraction of sp³-hybridized carbons (Fsp3) is 0.235. The van der Waals surface area contributed by atoms with Gasteiger partial charge in [0.25, 0.3) is 0 Å². The summed E-state index contributed by atoms with van der Waals surface area (Å²) in [6.45, 7) is 3.65. The number of aromatic hydroxyl groups is 1. The van der Waals surface area contributed by atoms with E-state index in [1.807, 2.05) is 0 Å². The van der Waals surface area contributed by atoms with Gasteiger partial charge >= 0.3 is 5.97 Å². The molecule has 0 bridgehead atoms. The molecule has 0 aliphatic heterocycles. The van der Waals surface area contributed by atoms with Gasteiger partial charge in [-0.3, -0.25) is 0 Å². The third kappa shape index (κ3) is 4.00. The molecule has 0 atom stereocenters. The monoisotopic (exact) mass is 422 g/mol. The Morgan fingerprint density at radius 3 is 2.84 bits per heavy atom. The maximum atomic E-state index is 12.0. The van der Waals surface area contributed by atoms with Crippen LogP contribution in [0, 0.1) is 18.3 Å². The Bertz CT molecular complexity index is 884. The number of carbonyl (C=O) groups is 1. The van der Waals surface area contributed by atoms with Crippen LogP contribution in [0.15, 0.2) is 21.6 Å². The number of nitrogens with zero attached hydrogens (tertiary/aromatic N) is 2. The normalized spacial score (nSPS) is 10.7. The van der Waals surface area contributed by atoms with Gasteiger partial charge in [-0.05, 0) is 31.5 Å². The van der Waals surface area contributed by atoms with Crippen molar-refractivity contribution < 1.29 is 19.4 Å². The van der Waals surface area contributed by atoms with E-state index in [0.29, 0.717) is 36.8 Å². The zero-order valence-corrected chi connectivity index (χ0v) is 16.2. The molecule has 0 unspecified atom stereocenters. The fourth-order valence-corrected chi connectivity index (χ4v) is 3.54. The molecular weight excluding hydrogens is 408 g/mol. The topological polar surface area (TPSA) is 91.9 Å². The number of hydrogen-bond donors (Lipinski definition) is 1. The van der Waals surface area contributed by atoms with E-state index in [-0.39, 0.29) is 12.4 Å². The lowest BCUT2D eigenvalue weighted by atomic mass is 10.1. The molecule has 0 amide bonds. The van der Waals surface area contributed by atoms with E-state index in [4.69, 9.17) is 9.47 Å². The predicted octanol–water partition coefficient (Wildman–Crippen LogP) is 4.33. The maximum absolute atomic E-state index is 12.0. The highest BCUT2D eigenvalue weighted by Gasteiger charge is 2.20. The number of hydrogen-bond acceptors (Lipinski definition) is 7. The molecular formula is C17H15BrN2O4S. The molecule has 8 heteroatoms. The third-order valence-electron chi connectivity index (χ3n) is 3.31. The molecule has 130 valence electrons. The van der Waals surface area contributed by atoms with E-state index in [1.54, 1.807) is 26.0 Å². The van der Waals surface area contributed by atoms with Crippen LogP contribution in [0.2, 0.25) is 0 Å². The second-order valence-corrected chi connectivity index (χ2v) is 6.79. The molecule has 25 heavy (non-hydrogen) atoms. The molecule has 0 saturated carbocycles. The van der Waals surface area contributed by atoms with Gasteiger partial charge in [-0.2, -0.15) is 5.26 Å². The average Bonchev–Trinajstić information content (AvgIpc) is 2.91. The van der Waals surface area contributed by atoms with Crippen LogP contribution >= 0.6 is 27.3 Å². The Morgan fingerprint density at radius 1 is 1.52 bits per heavy atom. The average molecular weight is 423 g/mol. The molecule has 1 heterocycles. The van der Waals surface area contributed by atoms with E-state index < -0.39 is 5.97 Å². The van der Waals surface area contributed by atoms with Crippen LogP contribution in [0.25, 0.3) is 0 Å². The zero-order chi connectivity index (χ0) is 18.6. The minimum Gasteiger partial charge on any atom is -0.504 e. The van der Waals surface area contributed by atoms with E-state index in [0.717, 1.165) is 11.3 Å². The summed E-state index contributed by atoms with van der Waals surface area (Å²) in [5.41, 5.74) is 1.26. The number of rotatable bonds is 5. The van der Waals surface area contributed by atoms with Crippen LogP contribution in [0.4, 0.5) is 5.00 Å². The minimum atomic E-state index is -0.477. The number of benzene rings is 1. The highest BCUT2D eigenvalue weighted by atomic mass is 79.9. The first-order chi connectivity index (χ1) is 11.9. The first kappa shape index (κ1) is 19.0. The number of halogens is 1. The van der Waals surface area contributed by atoms with Crippen molar-refractivity contribution in [1.82, 2.24) is 0 Å². The van der Waals surface area contributed by atoms with Crippen LogP contribution in [-0.4, -0.2) is 31.0 Å². The van der Waals surface area contributed by atoms with Gasteiger partial charge in [-0.15, -0.1) is 11.3 Å². The Morgan fingerprint density at radius 2 is 2.24 bits per heavy atom. The Kier molecular flexibility index (Phi) is 6.17. The first-order valence-electron chi connectivity index (χ1n) is 7.24. The quantitative estimate of drug-likeness (QED) is 0.571. The van der Waals surface area contributed by atoms with Gasteiger partial charge in [0.15, 0.2) is 11.5 Å². The van der Waals surface area contributed by atoms with Crippen molar-refractivity contribution in [2.24, 2.45) is 4.99 Å². The molecule has 2 aromatic rings. The van der Waals surface area contributed by atoms with Gasteiger partial charge in [0.05, 0.1) is 19.3 Å². The van der Waals surface area contributed by atoms with Crippen molar-refractivity contribution in [1.29, 1.82) is 5.26 Å². The lowest BCUT2D eigenvalue weighted by molar-refractivity contribution is 0.0531. The summed E-state index contributed by atoms with van der Waals surface area (Å²) in [7, 11) is 1.45. The van der Waals surface area contributed by atoms with Crippen LogP contribution < -0.4 is 4.74 Å². The molecule has 0 radical (unpaired) electrons. The highest BCUT2D eigenvalue weighted by Crippen LogP contribution is 2.37. The third-order valence-corrected chi connectivity index (χ3v) is 4.95. The fourth-order valence-electron chi connectivity index (χ4n) is 2.09. The second-order valence-electron chi connectivity index (χ2n) is 4.87. The van der Waals surface area contributed by atoms with Gasteiger partial charge in [-0.25, -0.2) is 9.79 Å². The number of thiophene rings is 1. The summed E-state index contributed by atoms with van der Waals surface area (Å²) in [6, 6.07) is 5.35. The number of ether oxygens (including phenoxy) is 2. The first-order valence-corrected chi connectivity index (χ1v) is 8.85. The Labute approximate surface area is 157 Å². The van der Waals surface area contributed by atoms with Crippen molar-refractivity contribution >= 4 is 44.5 Å². The number of esters is 1. The molecule has 1 aromatic heterocycles. The molecule has 6 nitrogen and oxygen atoms in total. The van der Waals surface area contributed by atoms with Gasteiger partial charge < -0.3 is 14.6 Å². The molecule has 2 rings (SSSR count). The van der Waals surface area contributed by atoms with E-state index in [1.165, 1.54) is 13.3 Å². The lowest BCUT2D eigenvalue weighted by Crippen LogP contribution is -2.03. The number of phenols is 1. The van der Waals surface area contributed by atoms with Gasteiger partial charge in [0.2, 0.25) is 0 Å². The Balaban J connectivity index is 2.46. The van der Waals surface area contributed by atoms with Gasteiger partial charge in [0, 0.05) is 16.3 Å². The van der Waals surface area contributed by atoms with Crippen molar-refractivity contribution in [3.63, 3.8) is 0 Å². The highest BCUT2D eigenvalue weighted by molar-refractivity contribution is 9.10. The largest absolute Gasteiger partial charge is 0.504 e. The minimum absolute atomic E-state index is 0.0631. The predicted molar refractivity (Wildman–Crippen MR) is 99.3 cm³/mol. The van der Waals surface area contributed by atoms with Crippen LogP contribution in [0.1, 0.15) is 33.3 Å². The van der Waals surface area contributed by atoms with E-state index in [2.05, 4.69) is 27.0 Å². The summed E-state index contributed by atoms with van der Waals surface area (Å²) in [6.07, 6.45) is 1.42.